The van der Waals surface area contributed by atoms with Crippen LogP contribution < -0.4 is 0 Å². The number of rotatable bonds is 8. The summed E-state index contributed by atoms with van der Waals surface area (Å²) in [6.07, 6.45) is 2.98. The van der Waals surface area contributed by atoms with Crippen LogP contribution in [0.2, 0.25) is 0 Å². The molecule has 0 unspecified atom stereocenters. The van der Waals surface area contributed by atoms with Crippen LogP contribution >= 0.6 is 12.2 Å². The van der Waals surface area contributed by atoms with E-state index in [1.54, 1.807) is 23.2 Å². The predicted molar refractivity (Wildman–Crippen MR) is 114 cm³/mol. The summed E-state index contributed by atoms with van der Waals surface area (Å²) < 4.78 is 42.8. The number of benzene rings is 1. The van der Waals surface area contributed by atoms with Crippen LogP contribution in [0.3, 0.4) is 0 Å². The molecule has 2 aromatic heterocycles. The van der Waals surface area contributed by atoms with Crippen LogP contribution in [-0.4, -0.2) is 30.3 Å². The van der Waals surface area contributed by atoms with Gasteiger partial charge in [0, 0.05) is 37.1 Å². The van der Waals surface area contributed by atoms with Crippen LogP contribution in [0.1, 0.15) is 24.0 Å². The lowest BCUT2D eigenvalue weighted by Crippen LogP contribution is -2.29. The van der Waals surface area contributed by atoms with Gasteiger partial charge in [-0.1, -0.05) is 18.2 Å². The third-order valence-electron chi connectivity index (χ3n) is 5.20. The fraction of sp³-hybridized carbons (Fsp3) is 0.318. The first kappa shape index (κ1) is 21.5. The van der Waals surface area contributed by atoms with Crippen LogP contribution in [0, 0.1) is 4.77 Å². The smallest absolute Gasteiger partial charge is 0.296 e. The van der Waals surface area contributed by atoms with Crippen LogP contribution in [0.25, 0.3) is 11.4 Å². The Hall–Kier alpha value is -2.78. The van der Waals surface area contributed by atoms with E-state index in [0.29, 0.717) is 36.4 Å². The van der Waals surface area contributed by atoms with Crippen molar-refractivity contribution in [2.24, 2.45) is 0 Å². The maximum absolute atomic E-state index is 12.8. The molecule has 0 bridgehead atoms. The number of alkyl halides is 3. The van der Waals surface area contributed by atoms with Crippen molar-refractivity contribution in [3.8, 4) is 11.4 Å². The van der Waals surface area contributed by atoms with E-state index >= 15 is 0 Å². The Morgan fingerprint density at radius 2 is 1.94 bits per heavy atom. The number of halogens is 3. The minimum absolute atomic E-state index is 0.371. The summed E-state index contributed by atoms with van der Waals surface area (Å²) in [5, 5.41) is 4.73. The summed E-state index contributed by atoms with van der Waals surface area (Å²) in [6.45, 7) is 5.32. The molecule has 0 saturated heterocycles. The van der Waals surface area contributed by atoms with E-state index in [2.05, 4.69) is 16.5 Å². The summed E-state index contributed by atoms with van der Waals surface area (Å²) >= 11 is 5.67. The van der Waals surface area contributed by atoms with Gasteiger partial charge in [-0.25, -0.2) is 4.68 Å². The van der Waals surface area contributed by atoms with Crippen LogP contribution in [0.4, 0.5) is 13.2 Å². The Kier molecular flexibility index (Phi) is 6.06. The number of allylic oxidation sites excluding steroid dienone is 1. The quantitative estimate of drug-likeness (QED) is 0.348. The first-order valence-corrected chi connectivity index (χ1v) is 10.4. The summed E-state index contributed by atoms with van der Waals surface area (Å²) in [5.41, 5.74) is 1.04. The molecule has 5 nitrogen and oxygen atoms in total. The van der Waals surface area contributed by atoms with E-state index in [-0.39, 0.29) is 0 Å². The Labute approximate surface area is 183 Å². The SMILES string of the molecule is C=CCn1c(-c2cccnc2)nn(CN(Cc2ccc(C(F)(F)F)cc2)C2CC2)c1=S. The Balaban J connectivity index is 1.59. The zero-order valence-corrected chi connectivity index (χ0v) is 17.6. The number of nitrogens with zero attached hydrogens (tertiary/aromatic N) is 5. The molecule has 1 fully saturated rings. The summed E-state index contributed by atoms with van der Waals surface area (Å²) in [5.74, 6) is 0.711. The average Bonchev–Trinajstić information content (AvgIpc) is 3.55. The zero-order chi connectivity index (χ0) is 22.0. The molecule has 0 atom stereocenters. The molecule has 0 amide bonds. The van der Waals surface area contributed by atoms with Gasteiger partial charge in [0.1, 0.15) is 0 Å². The summed E-state index contributed by atoms with van der Waals surface area (Å²) in [6, 6.07) is 9.47. The van der Waals surface area contributed by atoms with Gasteiger partial charge in [-0.2, -0.15) is 18.3 Å². The second-order valence-electron chi connectivity index (χ2n) is 7.56. The van der Waals surface area contributed by atoms with Crippen molar-refractivity contribution in [2.45, 2.75) is 44.8 Å². The van der Waals surface area contributed by atoms with Gasteiger partial charge in [-0.05, 0) is 54.9 Å². The molecule has 0 aliphatic heterocycles. The highest BCUT2D eigenvalue weighted by atomic mass is 32.1. The standard InChI is InChI=1S/C22H22F3N5S/c1-2-12-29-20(17-4-3-11-26-13-17)27-30(21(29)31)15-28(19-9-10-19)14-16-5-7-18(8-6-16)22(23,24)25/h2-8,11,13,19H,1,9-10,12,14-15H2. The van der Waals surface area contributed by atoms with E-state index in [0.717, 1.165) is 36.1 Å². The molecular weight excluding hydrogens is 423 g/mol. The van der Waals surface area contributed by atoms with E-state index in [1.165, 1.54) is 12.1 Å². The highest BCUT2D eigenvalue weighted by molar-refractivity contribution is 7.71. The normalized spacial score (nSPS) is 14.2. The first-order chi connectivity index (χ1) is 14.9. The molecule has 3 aromatic rings. The lowest BCUT2D eigenvalue weighted by Gasteiger charge is -2.22. The topological polar surface area (TPSA) is 38.9 Å². The maximum atomic E-state index is 12.8. The van der Waals surface area contributed by atoms with E-state index in [9.17, 15) is 13.2 Å². The van der Waals surface area contributed by atoms with Gasteiger partial charge in [0.15, 0.2) is 10.6 Å². The van der Waals surface area contributed by atoms with Crippen molar-refractivity contribution in [2.75, 3.05) is 0 Å². The van der Waals surface area contributed by atoms with Gasteiger partial charge in [0.05, 0.1) is 12.2 Å². The lowest BCUT2D eigenvalue weighted by molar-refractivity contribution is -0.137. The first-order valence-electron chi connectivity index (χ1n) is 9.96. The largest absolute Gasteiger partial charge is 0.416 e. The van der Waals surface area contributed by atoms with Gasteiger partial charge >= 0.3 is 6.18 Å². The Bertz CT molecular complexity index is 1100. The summed E-state index contributed by atoms with van der Waals surface area (Å²) in [4.78, 5) is 6.37. The van der Waals surface area contributed by atoms with Crippen molar-refractivity contribution in [1.82, 2.24) is 24.2 Å². The van der Waals surface area contributed by atoms with Gasteiger partial charge in [-0.3, -0.25) is 14.5 Å². The molecule has 31 heavy (non-hydrogen) atoms. The van der Waals surface area contributed by atoms with Crippen molar-refractivity contribution >= 4 is 12.2 Å². The van der Waals surface area contributed by atoms with Crippen LogP contribution in [0.15, 0.2) is 61.4 Å². The molecule has 4 rings (SSSR count). The van der Waals surface area contributed by atoms with E-state index < -0.39 is 11.7 Å². The highest BCUT2D eigenvalue weighted by Gasteiger charge is 2.32. The minimum Gasteiger partial charge on any atom is -0.296 e. The number of hydrogen-bond donors (Lipinski definition) is 0. The second-order valence-corrected chi connectivity index (χ2v) is 7.93. The summed E-state index contributed by atoms with van der Waals surface area (Å²) in [7, 11) is 0. The van der Waals surface area contributed by atoms with Crippen LogP contribution in [-0.2, 0) is 25.9 Å². The molecule has 162 valence electrons. The zero-order valence-electron chi connectivity index (χ0n) is 16.8. The van der Waals surface area contributed by atoms with E-state index in [1.807, 2.05) is 16.7 Å². The maximum Gasteiger partial charge on any atom is 0.416 e. The Morgan fingerprint density at radius 1 is 1.19 bits per heavy atom. The van der Waals surface area contributed by atoms with Crippen molar-refractivity contribution in [3.63, 3.8) is 0 Å². The van der Waals surface area contributed by atoms with Gasteiger partial charge in [-0.15, -0.1) is 6.58 Å². The molecule has 1 aliphatic rings. The Morgan fingerprint density at radius 3 is 2.52 bits per heavy atom. The molecule has 2 heterocycles. The predicted octanol–water partition coefficient (Wildman–Crippen LogP) is 5.30. The minimum atomic E-state index is -4.33. The fourth-order valence-corrected chi connectivity index (χ4v) is 3.73. The number of aromatic nitrogens is 4. The van der Waals surface area contributed by atoms with Gasteiger partial charge in [0.2, 0.25) is 0 Å². The number of hydrogen-bond acceptors (Lipinski definition) is 4. The monoisotopic (exact) mass is 445 g/mol. The molecule has 0 radical (unpaired) electrons. The van der Waals surface area contributed by atoms with E-state index in [4.69, 9.17) is 17.3 Å². The lowest BCUT2D eigenvalue weighted by atomic mass is 10.1. The third kappa shape index (κ3) is 4.94. The van der Waals surface area contributed by atoms with Gasteiger partial charge < -0.3 is 0 Å². The second kappa shape index (κ2) is 8.76. The molecule has 1 saturated carbocycles. The molecular formula is C22H22F3N5S. The van der Waals surface area contributed by atoms with Crippen molar-refractivity contribution in [1.29, 1.82) is 0 Å². The van der Waals surface area contributed by atoms with Crippen LogP contribution in [0.5, 0.6) is 0 Å². The molecule has 1 aromatic carbocycles. The highest BCUT2D eigenvalue weighted by Crippen LogP contribution is 2.31. The third-order valence-corrected chi connectivity index (χ3v) is 5.63. The number of pyridine rings is 1. The molecule has 0 N–H and O–H groups in total. The molecule has 1 aliphatic carbocycles. The molecule has 0 spiro atoms. The van der Waals surface area contributed by atoms with Crippen molar-refractivity contribution in [3.05, 3.63) is 77.3 Å². The average molecular weight is 446 g/mol. The fourth-order valence-electron chi connectivity index (χ4n) is 3.48. The van der Waals surface area contributed by atoms with Gasteiger partial charge in [0.25, 0.3) is 0 Å². The van der Waals surface area contributed by atoms with Crippen molar-refractivity contribution < 1.29 is 13.2 Å². The molecule has 9 heteroatoms.